The van der Waals surface area contributed by atoms with Crippen LogP contribution in [-0.2, 0) is 6.54 Å². The molecule has 0 heterocycles. The van der Waals surface area contributed by atoms with Crippen molar-refractivity contribution in [3.8, 4) is 0 Å². The highest BCUT2D eigenvalue weighted by Crippen LogP contribution is 2.25. The molecule has 0 amide bonds. The molecule has 0 saturated carbocycles. The quantitative estimate of drug-likeness (QED) is 0.374. The van der Waals surface area contributed by atoms with E-state index >= 15 is 0 Å². The van der Waals surface area contributed by atoms with Crippen molar-refractivity contribution in [3.05, 3.63) is 33.8 Å². The fourth-order valence-corrected chi connectivity index (χ4v) is 2.53. The number of unbranched alkanes of at least 4 members (excludes halogenated alkanes) is 3. The zero-order chi connectivity index (χ0) is 12.5. The third kappa shape index (κ3) is 6.27. The van der Waals surface area contributed by atoms with E-state index in [9.17, 15) is 0 Å². The monoisotopic (exact) mass is 385 g/mol. The Morgan fingerprint density at radius 2 is 1.82 bits per heavy atom. The second-order valence-electron chi connectivity index (χ2n) is 3.99. The van der Waals surface area contributed by atoms with E-state index in [2.05, 4.69) is 27.9 Å². The predicted molar refractivity (Wildman–Crippen MR) is 85.5 cm³/mol. The zero-order valence-electron chi connectivity index (χ0n) is 9.82. The van der Waals surface area contributed by atoms with Gasteiger partial charge in [-0.3, -0.25) is 0 Å². The van der Waals surface area contributed by atoms with E-state index in [0.717, 1.165) is 18.7 Å². The number of hydrogen-bond acceptors (Lipinski definition) is 1. The SMILES string of the molecule is Clc1cccc(CNCCCCCCI)c1Cl. The molecule has 0 aliphatic carbocycles. The highest BCUT2D eigenvalue weighted by Gasteiger charge is 2.02. The fraction of sp³-hybridized carbons (Fsp3) is 0.538. The Kier molecular flexibility index (Phi) is 8.62. The van der Waals surface area contributed by atoms with E-state index in [1.54, 1.807) is 0 Å². The van der Waals surface area contributed by atoms with Crippen LogP contribution in [0.15, 0.2) is 18.2 Å². The molecule has 0 saturated heterocycles. The summed E-state index contributed by atoms with van der Waals surface area (Å²) >= 11 is 14.5. The van der Waals surface area contributed by atoms with Gasteiger partial charge >= 0.3 is 0 Å². The zero-order valence-corrected chi connectivity index (χ0v) is 13.5. The number of hydrogen-bond donors (Lipinski definition) is 1. The molecule has 0 unspecified atom stereocenters. The fourth-order valence-electron chi connectivity index (χ4n) is 1.61. The predicted octanol–water partition coefficient (Wildman–Crippen LogP) is 5.08. The minimum absolute atomic E-state index is 0.632. The van der Waals surface area contributed by atoms with E-state index in [1.807, 2.05) is 18.2 Å². The highest BCUT2D eigenvalue weighted by atomic mass is 127. The third-order valence-electron chi connectivity index (χ3n) is 2.58. The van der Waals surface area contributed by atoms with Crippen LogP contribution in [0, 0.1) is 0 Å². The summed E-state index contributed by atoms with van der Waals surface area (Å²) in [5, 5.41) is 4.71. The van der Waals surface area contributed by atoms with Crippen LogP contribution in [0.25, 0.3) is 0 Å². The summed E-state index contributed by atoms with van der Waals surface area (Å²) in [6, 6.07) is 5.76. The molecule has 0 bridgehead atoms. The Labute approximate surface area is 127 Å². The van der Waals surface area contributed by atoms with Crippen LogP contribution in [0.1, 0.15) is 31.2 Å². The Bertz CT molecular complexity index is 331. The maximum Gasteiger partial charge on any atom is 0.0637 e. The van der Waals surface area contributed by atoms with E-state index in [1.165, 1.54) is 30.1 Å². The second-order valence-corrected chi connectivity index (χ2v) is 5.86. The Balaban J connectivity index is 2.16. The molecule has 0 spiro atoms. The lowest BCUT2D eigenvalue weighted by molar-refractivity contribution is 0.600. The van der Waals surface area contributed by atoms with E-state index in [0.29, 0.717) is 10.0 Å². The first-order chi connectivity index (χ1) is 8.25. The van der Waals surface area contributed by atoms with Crippen LogP contribution in [0.4, 0.5) is 0 Å². The molecule has 0 radical (unpaired) electrons. The van der Waals surface area contributed by atoms with Crippen LogP contribution in [-0.4, -0.2) is 11.0 Å². The van der Waals surface area contributed by atoms with Crippen molar-refractivity contribution in [1.29, 1.82) is 0 Å². The average Bonchev–Trinajstić information content (AvgIpc) is 2.33. The molecule has 1 N–H and O–H groups in total. The first-order valence-electron chi connectivity index (χ1n) is 5.95. The lowest BCUT2D eigenvalue weighted by Crippen LogP contribution is -2.14. The molecule has 0 atom stereocenters. The van der Waals surface area contributed by atoms with Gasteiger partial charge in [0.25, 0.3) is 0 Å². The molecular formula is C13H18Cl2IN. The Morgan fingerprint density at radius 3 is 2.59 bits per heavy atom. The minimum atomic E-state index is 0.632. The van der Waals surface area contributed by atoms with E-state index in [-0.39, 0.29) is 0 Å². The number of alkyl halides is 1. The molecule has 0 aliphatic rings. The largest absolute Gasteiger partial charge is 0.313 e. The van der Waals surface area contributed by atoms with E-state index in [4.69, 9.17) is 23.2 Å². The maximum absolute atomic E-state index is 6.10. The van der Waals surface area contributed by atoms with Gasteiger partial charge in [-0.2, -0.15) is 0 Å². The molecule has 0 aromatic heterocycles. The molecule has 4 heteroatoms. The smallest absolute Gasteiger partial charge is 0.0637 e. The molecule has 0 fully saturated rings. The van der Waals surface area contributed by atoms with Crippen molar-refractivity contribution in [2.75, 3.05) is 11.0 Å². The van der Waals surface area contributed by atoms with E-state index < -0.39 is 0 Å². The average molecular weight is 386 g/mol. The molecule has 1 aromatic rings. The molecule has 1 aromatic carbocycles. The number of benzene rings is 1. The van der Waals surface area contributed by atoms with Gasteiger partial charge in [0.1, 0.15) is 0 Å². The first kappa shape index (κ1) is 15.5. The van der Waals surface area contributed by atoms with Gasteiger partial charge in [-0.1, -0.05) is 70.8 Å². The second kappa shape index (κ2) is 9.42. The Morgan fingerprint density at radius 1 is 1.06 bits per heavy atom. The summed E-state index contributed by atoms with van der Waals surface area (Å²) < 4.78 is 1.27. The first-order valence-corrected chi connectivity index (χ1v) is 8.23. The normalized spacial score (nSPS) is 10.8. The summed E-state index contributed by atoms with van der Waals surface area (Å²) in [5.41, 5.74) is 1.08. The minimum Gasteiger partial charge on any atom is -0.313 e. The summed E-state index contributed by atoms with van der Waals surface area (Å²) in [4.78, 5) is 0. The summed E-state index contributed by atoms with van der Waals surface area (Å²) in [5.74, 6) is 0. The molecule has 0 aliphatic heterocycles. The van der Waals surface area contributed by atoms with Crippen molar-refractivity contribution in [3.63, 3.8) is 0 Å². The summed E-state index contributed by atoms with van der Waals surface area (Å²) in [7, 11) is 0. The lowest BCUT2D eigenvalue weighted by Gasteiger charge is -2.07. The van der Waals surface area contributed by atoms with Crippen molar-refractivity contribution in [1.82, 2.24) is 5.32 Å². The van der Waals surface area contributed by atoms with Crippen LogP contribution < -0.4 is 5.32 Å². The van der Waals surface area contributed by atoms with Crippen molar-refractivity contribution >= 4 is 45.8 Å². The van der Waals surface area contributed by atoms with Crippen molar-refractivity contribution in [2.24, 2.45) is 0 Å². The molecule has 96 valence electrons. The van der Waals surface area contributed by atoms with Gasteiger partial charge in [-0.05, 0) is 35.4 Å². The molecular weight excluding hydrogens is 368 g/mol. The third-order valence-corrected chi connectivity index (χ3v) is 4.21. The van der Waals surface area contributed by atoms with Crippen LogP contribution in [0.3, 0.4) is 0 Å². The van der Waals surface area contributed by atoms with Crippen molar-refractivity contribution < 1.29 is 0 Å². The number of nitrogens with one attached hydrogen (secondary N) is 1. The van der Waals surface area contributed by atoms with Gasteiger partial charge in [0.2, 0.25) is 0 Å². The standard InChI is InChI=1S/C13H18Cl2IN/c14-12-7-5-6-11(13(12)15)10-17-9-4-2-1-3-8-16/h5-7,17H,1-4,8-10H2. The van der Waals surface area contributed by atoms with Gasteiger partial charge in [-0.25, -0.2) is 0 Å². The van der Waals surface area contributed by atoms with Crippen LogP contribution >= 0.6 is 45.8 Å². The van der Waals surface area contributed by atoms with Crippen LogP contribution in [0.2, 0.25) is 10.0 Å². The summed E-state index contributed by atoms with van der Waals surface area (Å²) in [6.07, 6.45) is 5.21. The van der Waals surface area contributed by atoms with Crippen molar-refractivity contribution in [2.45, 2.75) is 32.2 Å². The number of halogens is 3. The summed E-state index contributed by atoms with van der Waals surface area (Å²) in [6.45, 7) is 1.84. The molecule has 1 nitrogen and oxygen atoms in total. The lowest BCUT2D eigenvalue weighted by atomic mass is 10.2. The van der Waals surface area contributed by atoms with Gasteiger partial charge < -0.3 is 5.32 Å². The molecule has 1 rings (SSSR count). The van der Waals surface area contributed by atoms with Gasteiger partial charge in [0.05, 0.1) is 10.0 Å². The Hall–Kier alpha value is 0.490. The number of rotatable bonds is 8. The van der Waals surface area contributed by atoms with Gasteiger partial charge in [-0.15, -0.1) is 0 Å². The highest BCUT2D eigenvalue weighted by molar-refractivity contribution is 14.1. The van der Waals surface area contributed by atoms with Gasteiger partial charge in [0, 0.05) is 6.54 Å². The topological polar surface area (TPSA) is 12.0 Å². The maximum atomic E-state index is 6.10. The van der Waals surface area contributed by atoms with Gasteiger partial charge in [0.15, 0.2) is 0 Å². The van der Waals surface area contributed by atoms with Crippen LogP contribution in [0.5, 0.6) is 0 Å². The molecule has 17 heavy (non-hydrogen) atoms.